The second kappa shape index (κ2) is 6.62. The van der Waals surface area contributed by atoms with E-state index in [0.29, 0.717) is 5.92 Å². The molecule has 3 aromatic carbocycles. The molecule has 0 saturated carbocycles. The Morgan fingerprint density at radius 3 is 1.65 bits per heavy atom. The average molecular weight is 300 g/mol. The van der Waals surface area contributed by atoms with Crippen molar-refractivity contribution in [2.24, 2.45) is 0 Å². The largest absolute Gasteiger partial charge is 0.289 e. The number of carbonyl (C=O) groups excluding carboxylic acids is 1. The molecule has 0 aliphatic heterocycles. The Hall–Kier alpha value is -2.67. The molecule has 0 N–H and O–H groups in total. The van der Waals surface area contributed by atoms with Crippen LogP contribution in [0.3, 0.4) is 0 Å². The molecule has 0 amide bonds. The number of hydrogen-bond donors (Lipinski definition) is 0. The molecule has 3 aromatic rings. The van der Waals surface area contributed by atoms with E-state index in [1.807, 2.05) is 54.6 Å². The second-order valence-corrected chi connectivity index (χ2v) is 6.05. The third kappa shape index (κ3) is 3.40. The second-order valence-electron chi connectivity index (χ2n) is 6.05. The predicted octanol–water partition coefficient (Wildman–Crippen LogP) is 5.71. The monoisotopic (exact) mass is 300 g/mol. The first-order valence-electron chi connectivity index (χ1n) is 7.95. The summed E-state index contributed by atoms with van der Waals surface area (Å²) in [6, 6.07) is 25.8. The molecule has 0 aliphatic rings. The molecule has 0 heterocycles. The van der Waals surface area contributed by atoms with E-state index in [2.05, 4.69) is 38.1 Å². The van der Waals surface area contributed by atoms with Crippen LogP contribution < -0.4 is 0 Å². The Bertz CT molecular complexity index is 782. The maximum atomic E-state index is 12.4. The summed E-state index contributed by atoms with van der Waals surface area (Å²) >= 11 is 0. The summed E-state index contributed by atoms with van der Waals surface area (Å²) in [5.74, 6) is 0.599. The van der Waals surface area contributed by atoms with Crippen molar-refractivity contribution in [3.05, 3.63) is 95.6 Å². The zero-order valence-corrected chi connectivity index (χ0v) is 13.5. The van der Waals surface area contributed by atoms with Crippen LogP contribution >= 0.6 is 0 Å². The van der Waals surface area contributed by atoms with Crippen LogP contribution in [0.15, 0.2) is 78.9 Å². The molecule has 23 heavy (non-hydrogen) atoms. The van der Waals surface area contributed by atoms with Gasteiger partial charge < -0.3 is 0 Å². The van der Waals surface area contributed by atoms with Gasteiger partial charge in [-0.1, -0.05) is 92.7 Å². The van der Waals surface area contributed by atoms with E-state index in [-0.39, 0.29) is 5.78 Å². The maximum absolute atomic E-state index is 12.4. The normalized spacial score (nSPS) is 10.7. The van der Waals surface area contributed by atoms with E-state index >= 15 is 0 Å². The van der Waals surface area contributed by atoms with Gasteiger partial charge >= 0.3 is 0 Å². The first-order valence-corrected chi connectivity index (χ1v) is 7.95. The SMILES string of the molecule is CC(C)c1ccc(-c2ccc(C(=O)c3ccccc3)cc2)cc1. The van der Waals surface area contributed by atoms with Gasteiger partial charge in [-0.25, -0.2) is 0 Å². The summed E-state index contributed by atoms with van der Waals surface area (Å²) in [7, 11) is 0. The van der Waals surface area contributed by atoms with Crippen LogP contribution in [0.5, 0.6) is 0 Å². The van der Waals surface area contributed by atoms with Crippen molar-refractivity contribution in [1.29, 1.82) is 0 Å². The van der Waals surface area contributed by atoms with Gasteiger partial charge in [-0.05, 0) is 22.6 Å². The molecule has 0 saturated heterocycles. The molecule has 0 atom stereocenters. The Balaban J connectivity index is 1.83. The van der Waals surface area contributed by atoms with Gasteiger partial charge in [-0.2, -0.15) is 0 Å². The predicted molar refractivity (Wildman–Crippen MR) is 95.8 cm³/mol. The molecule has 0 unspecified atom stereocenters. The Morgan fingerprint density at radius 2 is 1.13 bits per heavy atom. The molecule has 1 heteroatoms. The zero-order valence-electron chi connectivity index (χ0n) is 13.5. The summed E-state index contributed by atoms with van der Waals surface area (Å²) in [6.07, 6.45) is 0. The molecule has 0 bridgehead atoms. The minimum Gasteiger partial charge on any atom is -0.289 e. The molecule has 0 spiro atoms. The van der Waals surface area contributed by atoms with Crippen LogP contribution in [-0.2, 0) is 0 Å². The van der Waals surface area contributed by atoms with Gasteiger partial charge in [0, 0.05) is 11.1 Å². The lowest BCUT2D eigenvalue weighted by Gasteiger charge is -2.08. The van der Waals surface area contributed by atoms with Crippen LogP contribution in [0.25, 0.3) is 11.1 Å². The molecule has 3 rings (SSSR count). The highest BCUT2D eigenvalue weighted by atomic mass is 16.1. The van der Waals surface area contributed by atoms with Crippen molar-refractivity contribution < 1.29 is 4.79 Å². The van der Waals surface area contributed by atoms with E-state index in [9.17, 15) is 4.79 Å². The van der Waals surface area contributed by atoms with Gasteiger partial charge in [0.15, 0.2) is 5.78 Å². The van der Waals surface area contributed by atoms with Crippen molar-refractivity contribution in [2.45, 2.75) is 19.8 Å². The number of rotatable bonds is 4. The van der Waals surface area contributed by atoms with Crippen LogP contribution in [0.1, 0.15) is 41.3 Å². The highest BCUT2D eigenvalue weighted by Gasteiger charge is 2.08. The Morgan fingerprint density at radius 1 is 0.652 bits per heavy atom. The van der Waals surface area contributed by atoms with Crippen molar-refractivity contribution in [1.82, 2.24) is 0 Å². The molecule has 0 aromatic heterocycles. The molecule has 0 radical (unpaired) electrons. The highest BCUT2D eigenvalue weighted by molar-refractivity contribution is 6.09. The van der Waals surface area contributed by atoms with Crippen LogP contribution in [0, 0.1) is 0 Å². The van der Waals surface area contributed by atoms with Gasteiger partial charge in [0.2, 0.25) is 0 Å². The number of hydrogen-bond acceptors (Lipinski definition) is 1. The summed E-state index contributed by atoms with van der Waals surface area (Å²) in [4.78, 5) is 12.4. The fraction of sp³-hybridized carbons (Fsp3) is 0.136. The number of ketones is 1. The minimum atomic E-state index is 0.0623. The van der Waals surface area contributed by atoms with Crippen molar-refractivity contribution in [3.63, 3.8) is 0 Å². The van der Waals surface area contributed by atoms with Crippen LogP contribution in [0.4, 0.5) is 0 Å². The van der Waals surface area contributed by atoms with Gasteiger partial charge in [0.1, 0.15) is 0 Å². The minimum absolute atomic E-state index is 0.0623. The quantitative estimate of drug-likeness (QED) is 0.564. The fourth-order valence-electron chi connectivity index (χ4n) is 2.63. The lowest BCUT2D eigenvalue weighted by Crippen LogP contribution is -2.00. The number of benzene rings is 3. The van der Waals surface area contributed by atoms with E-state index < -0.39 is 0 Å². The molecule has 0 aliphatic carbocycles. The van der Waals surface area contributed by atoms with Crippen LogP contribution in [-0.4, -0.2) is 5.78 Å². The summed E-state index contributed by atoms with van der Waals surface area (Å²) in [6.45, 7) is 4.39. The zero-order chi connectivity index (χ0) is 16.2. The third-order valence-corrected chi connectivity index (χ3v) is 4.09. The molecule has 114 valence electrons. The van der Waals surface area contributed by atoms with E-state index in [1.165, 1.54) is 11.1 Å². The summed E-state index contributed by atoms with van der Waals surface area (Å²) in [5, 5.41) is 0. The van der Waals surface area contributed by atoms with Gasteiger partial charge in [0.05, 0.1) is 0 Å². The fourth-order valence-corrected chi connectivity index (χ4v) is 2.63. The van der Waals surface area contributed by atoms with Crippen LogP contribution in [0.2, 0.25) is 0 Å². The average Bonchev–Trinajstić information content (AvgIpc) is 2.62. The molecule has 0 fully saturated rings. The van der Waals surface area contributed by atoms with E-state index in [4.69, 9.17) is 0 Å². The van der Waals surface area contributed by atoms with Crippen molar-refractivity contribution >= 4 is 5.78 Å². The third-order valence-electron chi connectivity index (χ3n) is 4.09. The molecular weight excluding hydrogens is 280 g/mol. The lowest BCUT2D eigenvalue weighted by molar-refractivity contribution is 0.103. The topological polar surface area (TPSA) is 17.1 Å². The summed E-state index contributed by atoms with van der Waals surface area (Å²) in [5.41, 5.74) is 5.09. The smallest absolute Gasteiger partial charge is 0.193 e. The molecule has 1 nitrogen and oxygen atoms in total. The summed E-state index contributed by atoms with van der Waals surface area (Å²) < 4.78 is 0. The van der Waals surface area contributed by atoms with E-state index in [1.54, 1.807) is 0 Å². The number of carbonyl (C=O) groups is 1. The molecular formula is C22H20O. The first kappa shape index (κ1) is 15.2. The maximum Gasteiger partial charge on any atom is 0.193 e. The van der Waals surface area contributed by atoms with Gasteiger partial charge in [-0.15, -0.1) is 0 Å². The van der Waals surface area contributed by atoms with Gasteiger partial charge in [0.25, 0.3) is 0 Å². The Labute approximate surface area is 137 Å². The Kier molecular flexibility index (Phi) is 4.38. The van der Waals surface area contributed by atoms with Gasteiger partial charge in [-0.3, -0.25) is 4.79 Å². The first-order chi connectivity index (χ1) is 11.1. The van der Waals surface area contributed by atoms with E-state index in [0.717, 1.165) is 16.7 Å². The lowest BCUT2D eigenvalue weighted by atomic mass is 9.97. The van der Waals surface area contributed by atoms with Crippen molar-refractivity contribution in [2.75, 3.05) is 0 Å². The van der Waals surface area contributed by atoms with Crippen molar-refractivity contribution in [3.8, 4) is 11.1 Å². The highest BCUT2D eigenvalue weighted by Crippen LogP contribution is 2.23. The standard InChI is InChI=1S/C22H20O/c1-16(2)17-8-10-18(11-9-17)19-12-14-21(15-13-19)22(23)20-6-4-3-5-7-20/h3-16H,1-2H3.